The van der Waals surface area contributed by atoms with E-state index in [1.165, 1.54) is 0 Å². The van der Waals surface area contributed by atoms with Crippen molar-refractivity contribution in [1.82, 2.24) is 9.78 Å². The fourth-order valence-corrected chi connectivity index (χ4v) is 4.63. The first-order chi connectivity index (χ1) is 12.2. The summed E-state index contributed by atoms with van der Waals surface area (Å²) in [4.78, 5) is 23.6. The number of alkyl halides is 3. The van der Waals surface area contributed by atoms with Crippen LogP contribution in [0, 0.1) is 11.3 Å². The second-order valence-electron chi connectivity index (χ2n) is 7.05. The summed E-state index contributed by atoms with van der Waals surface area (Å²) >= 11 is 0. The molecule has 2 aliphatic carbocycles. The molecule has 0 saturated heterocycles. The fourth-order valence-electron chi connectivity index (χ4n) is 4.63. The zero-order chi connectivity index (χ0) is 19.1. The van der Waals surface area contributed by atoms with Crippen LogP contribution in [0.5, 0.6) is 0 Å². The Morgan fingerprint density at radius 1 is 1.38 bits per heavy atom. The van der Waals surface area contributed by atoms with Gasteiger partial charge in [-0.15, -0.1) is 0 Å². The van der Waals surface area contributed by atoms with Crippen molar-refractivity contribution in [3.05, 3.63) is 17.5 Å². The van der Waals surface area contributed by atoms with Gasteiger partial charge in [0.1, 0.15) is 5.56 Å². The maximum atomic E-state index is 13.4. The first kappa shape index (κ1) is 18.7. The number of fused-ring (bicyclic) bond motifs is 1. The van der Waals surface area contributed by atoms with Gasteiger partial charge in [0.05, 0.1) is 24.3 Å². The highest BCUT2D eigenvalue weighted by Crippen LogP contribution is 2.55. The first-order valence-corrected chi connectivity index (χ1v) is 8.76. The highest BCUT2D eigenvalue weighted by molar-refractivity contribution is 5.88. The maximum Gasteiger partial charge on any atom is 0.433 e. The predicted molar refractivity (Wildman–Crippen MR) is 83.5 cm³/mol. The molecular weight excluding hydrogens is 353 g/mol. The van der Waals surface area contributed by atoms with Crippen LogP contribution in [0.15, 0.2) is 6.20 Å². The number of ether oxygens (including phenoxy) is 1. The summed E-state index contributed by atoms with van der Waals surface area (Å²) in [5.41, 5.74) is -2.68. The first-order valence-electron chi connectivity index (χ1n) is 8.76. The SMILES string of the molecule is CCOC(=O)C12CCCC1CC(n1ncc(C(=O)O)c1C(F)(F)F)CC2. The summed E-state index contributed by atoms with van der Waals surface area (Å²) in [6.45, 7) is 2.01. The highest BCUT2D eigenvalue weighted by Gasteiger charge is 2.54. The van der Waals surface area contributed by atoms with Crippen molar-refractivity contribution in [3.8, 4) is 0 Å². The molecule has 3 atom stereocenters. The molecule has 9 heteroatoms. The quantitative estimate of drug-likeness (QED) is 0.813. The average Bonchev–Trinajstić information content (AvgIpc) is 3.18. The van der Waals surface area contributed by atoms with Gasteiger partial charge in [-0.3, -0.25) is 9.48 Å². The van der Waals surface area contributed by atoms with Crippen LogP contribution in [-0.4, -0.2) is 33.4 Å². The average molecular weight is 374 g/mol. The molecule has 1 aromatic rings. The van der Waals surface area contributed by atoms with E-state index in [0.29, 0.717) is 25.7 Å². The van der Waals surface area contributed by atoms with Gasteiger partial charge in [0, 0.05) is 0 Å². The zero-order valence-electron chi connectivity index (χ0n) is 14.4. The summed E-state index contributed by atoms with van der Waals surface area (Å²) in [7, 11) is 0. The Labute approximate surface area is 148 Å². The number of carbonyl (C=O) groups is 2. The number of carbonyl (C=O) groups excluding carboxylic acids is 1. The lowest BCUT2D eigenvalue weighted by molar-refractivity contribution is -0.162. The molecule has 26 heavy (non-hydrogen) atoms. The van der Waals surface area contributed by atoms with Gasteiger partial charge in [-0.25, -0.2) is 4.79 Å². The number of carboxylic acids is 1. The molecule has 0 spiro atoms. The van der Waals surface area contributed by atoms with Crippen LogP contribution in [0.3, 0.4) is 0 Å². The van der Waals surface area contributed by atoms with Gasteiger partial charge in [0.15, 0.2) is 5.69 Å². The van der Waals surface area contributed by atoms with E-state index in [2.05, 4.69) is 5.10 Å². The maximum absolute atomic E-state index is 13.4. The van der Waals surface area contributed by atoms with Crippen molar-refractivity contribution >= 4 is 11.9 Å². The van der Waals surface area contributed by atoms with E-state index in [4.69, 9.17) is 9.84 Å². The second kappa shape index (κ2) is 6.59. The molecule has 3 unspecified atom stereocenters. The third kappa shape index (κ3) is 2.97. The largest absolute Gasteiger partial charge is 0.478 e. The number of hydrogen-bond acceptors (Lipinski definition) is 4. The Balaban J connectivity index is 1.90. The van der Waals surface area contributed by atoms with Gasteiger partial charge in [0.25, 0.3) is 0 Å². The molecule has 144 valence electrons. The van der Waals surface area contributed by atoms with E-state index in [-0.39, 0.29) is 18.5 Å². The van der Waals surface area contributed by atoms with E-state index >= 15 is 0 Å². The Bertz CT molecular complexity index is 715. The number of nitrogens with zero attached hydrogens (tertiary/aromatic N) is 2. The van der Waals surface area contributed by atoms with Crippen LogP contribution in [0.25, 0.3) is 0 Å². The Kier molecular flexibility index (Phi) is 4.74. The lowest BCUT2D eigenvalue weighted by atomic mass is 9.66. The monoisotopic (exact) mass is 374 g/mol. The Morgan fingerprint density at radius 3 is 2.73 bits per heavy atom. The number of halogens is 3. The van der Waals surface area contributed by atoms with Crippen molar-refractivity contribution in [2.75, 3.05) is 6.61 Å². The molecule has 6 nitrogen and oxygen atoms in total. The van der Waals surface area contributed by atoms with Crippen LogP contribution in [0.1, 0.15) is 67.5 Å². The van der Waals surface area contributed by atoms with E-state index in [1.54, 1.807) is 6.92 Å². The highest BCUT2D eigenvalue weighted by atomic mass is 19.4. The van der Waals surface area contributed by atoms with Gasteiger partial charge >= 0.3 is 18.1 Å². The van der Waals surface area contributed by atoms with Gasteiger partial charge in [-0.2, -0.15) is 18.3 Å². The predicted octanol–water partition coefficient (Wildman–Crippen LogP) is 3.67. The molecule has 1 aromatic heterocycles. The molecule has 3 rings (SSSR count). The van der Waals surface area contributed by atoms with Crippen LogP contribution >= 0.6 is 0 Å². The van der Waals surface area contributed by atoms with Crippen molar-refractivity contribution in [2.45, 2.75) is 57.7 Å². The summed E-state index contributed by atoms with van der Waals surface area (Å²) in [5.74, 6) is -1.98. The third-order valence-electron chi connectivity index (χ3n) is 5.76. The minimum Gasteiger partial charge on any atom is -0.478 e. The number of aromatic nitrogens is 2. The van der Waals surface area contributed by atoms with Crippen LogP contribution < -0.4 is 0 Å². The Hall–Kier alpha value is -2.06. The summed E-state index contributed by atoms with van der Waals surface area (Å²) in [5, 5.41) is 12.8. The van der Waals surface area contributed by atoms with Crippen LogP contribution in [0.4, 0.5) is 13.2 Å². The van der Waals surface area contributed by atoms with E-state index in [9.17, 15) is 22.8 Å². The van der Waals surface area contributed by atoms with E-state index in [1.807, 2.05) is 0 Å². The molecule has 0 bridgehead atoms. The molecule has 2 saturated carbocycles. The number of hydrogen-bond donors (Lipinski definition) is 1. The molecule has 0 amide bonds. The lowest BCUT2D eigenvalue weighted by Gasteiger charge is -2.41. The minimum absolute atomic E-state index is 0.0705. The van der Waals surface area contributed by atoms with Gasteiger partial charge in [-0.05, 0) is 44.9 Å². The standard InChI is InChI=1S/C17H21F3N2O4/c1-2-26-15(25)16-6-3-4-10(16)8-11(5-7-16)22-13(17(18,19)20)12(9-21-22)14(23)24/h9-11H,2-8H2,1H3,(H,23,24). The normalized spacial score (nSPS) is 28.6. The topological polar surface area (TPSA) is 81.4 Å². The number of esters is 1. The van der Waals surface area contributed by atoms with Gasteiger partial charge < -0.3 is 9.84 Å². The summed E-state index contributed by atoms with van der Waals surface area (Å²) < 4.78 is 46.3. The molecule has 1 N–H and O–H groups in total. The van der Waals surface area contributed by atoms with Crippen LogP contribution in [0.2, 0.25) is 0 Å². The van der Waals surface area contributed by atoms with Gasteiger partial charge in [-0.1, -0.05) is 6.42 Å². The zero-order valence-corrected chi connectivity index (χ0v) is 14.4. The molecule has 0 aliphatic heterocycles. The molecule has 0 radical (unpaired) electrons. The summed E-state index contributed by atoms with van der Waals surface area (Å²) in [6, 6.07) is -0.578. The lowest BCUT2D eigenvalue weighted by Crippen LogP contribution is -2.42. The Morgan fingerprint density at radius 2 is 2.12 bits per heavy atom. The third-order valence-corrected chi connectivity index (χ3v) is 5.76. The fraction of sp³-hybridized carbons (Fsp3) is 0.706. The van der Waals surface area contributed by atoms with Gasteiger partial charge in [0.2, 0.25) is 0 Å². The number of carboxylic acid groups (broad SMARTS) is 1. The molecule has 0 aromatic carbocycles. The van der Waals surface area contributed by atoms with Crippen molar-refractivity contribution in [2.24, 2.45) is 11.3 Å². The molecule has 2 aliphatic rings. The van der Waals surface area contributed by atoms with E-state index in [0.717, 1.165) is 23.7 Å². The number of aromatic carboxylic acids is 1. The van der Waals surface area contributed by atoms with Crippen molar-refractivity contribution in [1.29, 1.82) is 0 Å². The molecule has 2 fully saturated rings. The molecule has 1 heterocycles. The summed E-state index contributed by atoms with van der Waals surface area (Å²) in [6.07, 6.45) is -0.647. The van der Waals surface area contributed by atoms with Crippen molar-refractivity contribution in [3.63, 3.8) is 0 Å². The second-order valence-corrected chi connectivity index (χ2v) is 7.05. The van der Waals surface area contributed by atoms with Crippen molar-refractivity contribution < 1.29 is 32.6 Å². The smallest absolute Gasteiger partial charge is 0.433 e. The number of rotatable bonds is 4. The molecular formula is C17H21F3N2O4. The van der Waals surface area contributed by atoms with Crippen LogP contribution in [-0.2, 0) is 15.7 Å². The minimum atomic E-state index is -4.81. The van der Waals surface area contributed by atoms with E-state index < -0.39 is 34.9 Å².